The minimum absolute atomic E-state index is 0.120. The lowest BCUT2D eigenvalue weighted by atomic mass is 9.81. The quantitative estimate of drug-likeness (QED) is 0.173. The van der Waals surface area contributed by atoms with E-state index in [4.69, 9.17) is 4.42 Å². The van der Waals surface area contributed by atoms with Gasteiger partial charge in [0, 0.05) is 38.4 Å². The van der Waals surface area contributed by atoms with Gasteiger partial charge in [-0.3, -0.25) is 0 Å². The average Bonchev–Trinajstić information content (AvgIpc) is 3.85. The van der Waals surface area contributed by atoms with E-state index in [1.54, 1.807) is 0 Å². The van der Waals surface area contributed by atoms with Crippen LogP contribution in [0.3, 0.4) is 0 Å². The number of hydrogen-bond donors (Lipinski definition) is 0. The molecule has 2 aliphatic carbocycles. The van der Waals surface area contributed by atoms with Crippen molar-refractivity contribution >= 4 is 49.8 Å². The van der Waals surface area contributed by atoms with Crippen LogP contribution in [0.2, 0.25) is 0 Å². The second-order valence-electron chi connectivity index (χ2n) is 17.7. The lowest BCUT2D eigenvalue weighted by Crippen LogP contribution is -2.17. The van der Waals surface area contributed by atoms with Crippen LogP contribution in [0.1, 0.15) is 49.9 Å². The Labute approximate surface area is 351 Å². The van der Waals surface area contributed by atoms with Gasteiger partial charge in [-0.25, -0.2) is 0 Å². The third-order valence-electron chi connectivity index (χ3n) is 13.7. The molecule has 0 amide bonds. The van der Waals surface area contributed by atoms with Crippen molar-refractivity contribution in [3.05, 3.63) is 210 Å². The molecule has 0 saturated heterocycles. The van der Waals surface area contributed by atoms with E-state index in [1.807, 2.05) is 0 Å². The molecule has 286 valence electrons. The Morgan fingerprint density at radius 2 is 0.933 bits per heavy atom. The van der Waals surface area contributed by atoms with Gasteiger partial charge in [-0.1, -0.05) is 179 Å². The van der Waals surface area contributed by atoms with E-state index in [-0.39, 0.29) is 10.8 Å². The minimum atomic E-state index is -0.154. The Hall–Kier alpha value is -7.16. The molecule has 0 bridgehead atoms. The fourth-order valence-electron chi connectivity index (χ4n) is 10.7. The van der Waals surface area contributed by atoms with Crippen molar-refractivity contribution in [2.45, 2.75) is 38.5 Å². The number of furan rings is 1. The third-order valence-corrected chi connectivity index (χ3v) is 13.7. The Morgan fingerprint density at radius 3 is 1.68 bits per heavy atom. The van der Waals surface area contributed by atoms with Crippen molar-refractivity contribution in [1.29, 1.82) is 0 Å². The number of benzene rings is 9. The van der Waals surface area contributed by atoms with Crippen molar-refractivity contribution in [3.8, 4) is 44.5 Å². The molecule has 2 nitrogen and oxygen atoms in total. The summed E-state index contributed by atoms with van der Waals surface area (Å²) < 4.78 is 7.42. The van der Waals surface area contributed by atoms with Gasteiger partial charge in [-0.2, -0.15) is 0 Å². The zero-order valence-electron chi connectivity index (χ0n) is 34.3. The normalized spacial score (nSPS) is 14.3. The molecule has 0 atom stereocenters. The first-order valence-corrected chi connectivity index (χ1v) is 21.1. The Morgan fingerprint density at radius 1 is 0.367 bits per heavy atom. The number of anilines is 3. The summed E-state index contributed by atoms with van der Waals surface area (Å²) in [6.07, 6.45) is 0. The molecule has 1 heterocycles. The van der Waals surface area contributed by atoms with Crippen LogP contribution in [-0.4, -0.2) is 0 Å². The Bertz CT molecular complexity index is 3380. The van der Waals surface area contributed by atoms with Crippen molar-refractivity contribution < 1.29 is 4.42 Å². The molecule has 2 heteroatoms. The molecule has 0 unspecified atom stereocenters. The molecule has 0 spiro atoms. The Kier molecular flexibility index (Phi) is 7.36. The van der Waals surface area contributed by atoms with E-state index >= 15 is 0 Å². The molecule has 9 aromatic carbocycles. The topological polar surface area (TPSA) is 16.4 Å². The zero-order valence-corrected chi connectivity index (χ0v) is 34.3. The second kappa shape index (κ2) is 12.7. The summed E-state index contributed by atoms with van der Waals surface area (Å²) in [6, 6.07) is 69.1. The molecule has 0 saturated carbocycles. The second-order valence-corrected chi connectivity index (χ2v) is 17.7. The summed E-state index contributed by atoms with van der Waals surface area (Å²) in [5.41, 5.74) is 20.0. The Balaban J connectivity index is 1.13. The summed E-state index contributed by atoms with van der Waals surface area (Å²) in [6.45, 7) is 9.42. The summed E-state index contributed by atoms with van der Waals surface area (Å²) >= 11 is 0. The predicted octanol–water partition coefficient (Wildman–Crippen LogP) is 16.2. The maximum Gasteiger partial charge on any atom is 0.159 e. The standard InChI is InChI=1S/C58H43NO/c1-57(2)48-25-13-10-22-42(48)44-31-29-38(34-50(44)57)54-41-21-9-8-19-37(41)33-47-46-24-16-28-53(55(46)60-56(47)54)59(52-27-15-12-20-40(52)36-17-6-5-7-18-36)39-30-32-45-43-23-11-14-26-49(43)58(3,4)51(45)35-39/h5-35H,1-4H3. The number of fused-ring (bicyclic) bond motifs is 10. The van der Waals surface area contributed by atoms with Crippen LogP contribution < -0.4 is 4.90 Å². The van der Waals surface area contributed by atoms with Gasteiger partial charge < -0.3 is 9.32 Å². The number of para-hydroxylation sites is 2. The summed E-state index contributed by atoms with van der Waals surface area (Å²) in [5, 5.41) is 4.60. The van der Waals surface area contributed by atoms with Crippen LogP contribution in [0.4, 0.5) is 17.1 Å². The molecule has 12 rings (SSSR count). The van der Waals surface area contributed by atoms with Gasteiger partial charge in [0.25, 0.3) is 0 Å². The van der Waals surface area contributed by atoms with Crippen LogP contribution in [0.25, 0.3) is 77.2 Å². The van der Waals surface area contributed by atoms with E-state index in [2.05, 4.69) is 221 Å². The van der Waals surface area contributed by atoms with Gasteiger partial charge >= 0.3 is 0 Å². The smallest absolute Gasteiger partial charge is 0.159 e. The fraction of sp³-hybridized carbons (Fsp3) is 0.103. The molecule has 60 heavy (non-hydrogen) atoms. The minimum Gasteiger partial charge on any atom is -0.453 e. The number of nitrogens with zero attached hydrogens (tertiary/aromatic N) is 1. The highest BCUT2D eigenvalue weighted by Gasteiger charge is 2.37. The van der Waals surface area contributed by atoms with Gasteiger partial charge in [0.1, 0.15) is 5.58 Å². The van der Waals surface area contributed by atoms with Crippen LogP contribution >= 0.6 is 0 Å². The van der Waals surface area contributed by atoms with Crippen molar-refractivity contribution in [3.63, 3.8) is 0 Å². The van der Waals surface area contributed by atoms with Crippen molar-refractivity contribution in [2.24, 2.45) is 0 Å². The maximum atomic E-state index is 7.42. The first-order valence-electron chi connectivity index (χ1n) is 21.1. The van der Waals surface area contributed by atoms with Gasteiger partial charge in [-0.05, 0) is 103 Å². The van der Waals surface area contributed by atoms with Gasteiger partial charge in [0.2, 0.25) is 0 Å². The molecule has 0 fully saturated rings. The van der Waals surface area contributed by atoms with E-state index in [0.29, 0.717) is 0 Å². The highest BCUT2D eigenvalue weighted by Crippen LogP contribution is 2.54. The van der Waals surface area contributed by atoms with Gasteiger partial charge in [0.15, 0.2) is 5.58 Å². The van der Waals surface area contributed by atoms with Crippen molar-refractivity contribution in [1.82, 2.24) is 0 Å². The van der Waals surface area contributed by atoms with Gasteiger partial charge in [0.05, 0.1) is 11.4 Å². The molecule has 0 radical (unpaired) electrons. The first kappa shape index (κ1) is 34.8. The first-order chi connectivity index (χ1) is 29.3. The van der Waals surface area contributed by atoms with E-state index in [1.165, 1.54) is 66.4 Å². The van der Waals surface area contributed by atoms with Gasteiger partial charge in [-0.15, -0.1) is 0 Å². The van der Waals surface area contributed by atoms with E-state index < -0.39 is 0 Å². The largest absolute Gasteiger partial charge is 0.453 e. The maximum absolute atomic E-state index is 7.42. The van der Waals surface area contributed by atoms with E-state index in [0.717, 1.165) is 50.1 Å². The van der Waals surface area contributed by atoms with Crippen LogP contribution in [-0.2, 0) is 10.8 Å². The summed E-state index contributed by atoms with van der Waals surface area (Å²) in [7, 11) is 0. The zero-order chi connectivity index (χ0) is 40.3. The molecule has 10 aromatic rings. The molecule has 0 aliphatic heterocycles. The molecule has 2 aliphatic rings. The SMILES string of the molecule is CC1(C)c2ccccc2-c2ccc(-c3c4ccccc4cc4c3oc3c(N(c5ccc6c(c5)C(C)(C)c5ccccc5-6)c5ccccc5-c5ccccc5)cccc34)cc21. The molecule has 1 aromatic heterocycles. The lowest BCUT2D eigenvalue weighted by Gasteiger charge is -2.29. The highest BCUT2D eigenvalue weighted by molar-refractivity contribution is 6.20. The summed E-state index contributed by atoms with van der Waals surface area (Å²) in [5.74, 6) is 0. The highest BCUT2D eigenvalue weighted by atomic mass is 16.3. The monoisotopic (exact) mass is 769 g/mol. The molecule has 0 N–H and O–H groups in total. The number of hydrogen-bond acceptors (Lipinski definition) is 2. The van der Waals surface area contributed by atoms with Crippen LogP contribution in [0.5, 0.6) is 0 Å². The van der Waals surface area contributed by atoms with Crippen molar-refractivity contribution in [2.75, 3.05) is 4.90 Å². The summed E-state index contributed by atoms with van der Waals surface area (Å²) in [4.78, 5) is 2.43. The molecular formula is C58H43NO. The fourth-order valence-corrected chi connectivity index (χ4v) is 10.7. The predicted molar refractivity (Wildman–Crippen MR) is 252 cm³/mol. The average molecular weight is 770 g/mol. The number of rotatable bonds is 5. The lowest BCUT2D eigenvalue weighted by molar-refractivity contribution is 0.660. The molecular weight excluding hydrogens is 727 g/mol. The third kappa shape index (κ3) is 4.88. The van der Waals surface area contributed by atoms with Crippen LogP contribution in [0, 0.1) is 0 Å². The van der Waals surface area contributed by atoms with Crippen LogP contribution in [0.15, 0.2) is 192 Å². The van der Waals surface area contributed by atoms with E-state index in [9.17, 15) is 0 Å².